The van der Waals surface area contributed by atoms with Crippen LogP contribution in [0, 0.1) is 6.92 Å². The predicted octanol–water partition coefficient (Wildman–Crippen LogP) is 5.87. The standard InChI is InChI=1S/C14H10Br2N2S/c1-8-3-2-4-11(13(8)16)18-14-17-10-6-5-9(15)7-12(10)19-14/h2-7H,1H3,(H,17,18). The maximum absolute atomic E-state index is 4.59. The molecule has 1 heterocycles. The molecule has 5 heteroatoms. The number of anilines is 2. The molecule has 0 bridgehead atoms. The van der Waals surface area contributed by atoms with Crippen molar-refractivity contribution in [2.24, 2.45) is 0 Å². The Bertz CT molecular complexity index is 752. The summed E-state index contributed by atoms with van der Waals surface area (Å²) in [5, 5.41) is 4.27. The molecule has 0 aliphatic carbocycles. The molecule has 2 nitrogen and oxygen atoms in total. The highest BCUT2D eigenvalue weighted by molar-refractivity contribution is 9.11. The first kappa shape index (κ1) is 13.1. The molecular weight excluding hydrogens is 388 g/mol. The molecule has 0 spiro atoms. The molecule has 0 aliphatic heterocycles. The molecule has 3 rings (SSSR count). The van der Waals surface area contributed by atoms with E-state index < -0.39 is 0 Å². The van der Waals surface area contributed by atoms with Crippen molar-refractivity contribution in [2.45, 2.75) is 6.92 Å². The fourth-order valence-corrected chi connectivity index (χ4v) is 3.60. The monoisotopic (exact) mass is 396 g/mol. The molecule has 1 N–H and O–H groups in total. The highest BCUT2D eigenvalue weighted by Crippen LogP contribution is 2.33. The van der Waals surface area contributed by atoms with E-state index in [0.29, 0.717) is 0 Å². The van der Waals surface area contributed by atoms with E-state index >= 15 is 0 Å². The van der Waals surface area contributed by atoms with Gasteiger partial charge in [-0.05, 0) is 52.7 Å². The van der Waals surface area contributed by atoms with E-state index in [2.05, 4.69) is 61.2 Å². The summed E-state index contributed by atoms with van der Waals surface area (Å²) >= 11 is 8.73. The number of thiazole rings is 1. The first-order chi connectivity index (χ1) is 9.13. The summed E-state index contributed by atoms with van der Waals surface area (Å²) in [6.45, 7) is 2.07. The number of nitrogens with zero attached hydrogens (tertiary/aromatic N) is 1. The number of aryl methyl sites for hydroxylation is 1. The van der Waals surface area contributed by atoms with Crippen molar-refractivity contribution in [2.75, 3.05) is 5.32 Å². The van der Waals surface area contributed by atoms with Crippen LogP contribution in [-0.4, -0.2) is 4.98 Å². The number of rotatable bonds is 2. The maximum atomic E-state index is 4.59. The normalized spacial score (nSPS) is 10.9. The second-order valence-electron chi connectivity index (χ2n) is 4.19. The molecule has 2 aromatic carbocycles. The molecule has 0 radical (unpaired) electrons. The Morgan fingerprint density at radius 3 is 2.84 bits per heavy atom. The molecule has 0 saturated carbocycles. The minimum atomic E-state index is 0.902. The number of hydrogen-bond acceptors (Lipinski definition) is 3. The summed E-state index contributed by atoms with van der Waals surface area (Å²) in [5.41, 5.74) is 3.26. The fourth-order valence-electron chi connectivity index (χ4n) is 1.81. The molecular formula is C14H10Br2N2S. The number of nitrogens with one attached hydrogen (secondary N) is 1. The topological polar surface area (TPSA) is 24.9 Å². The van der Waals surface area contributed by atoms with Crippen LogP contribution in [0.3, 0.4) is 0 Å². The van der Waals surface area contributed by atoms with Gasteiger partial charge in [0.2, 0.25) is 0 Å². The van der Waals surface area contributed by atoms with Gasteiger partial charge in [-0.2, -0.15) is 0 Å². The number of hydrogen-bond donors (Lipinski definition) is 1. The second kappa shape index (κ2) is 5.23. The van der Waals surface area contributed by atoms with E-state index in [9.17, 15) is 0 Å². The van der Waals surface area contributed by atoms with E-state index in [4.69, 9.17) is 0 Å². The van der Waals surface area contributed by atoms with E-state index in [0.717, 1.165) is 25.3 Å². The highest BCUT2D eigenvalue weighted by Gasteiger charge is 2.07. The number of halogens is 2. The lowest BCUT2D eigenvalue weighted by atomic mass is 10.2. The van der Waals surface area contributed by atoms with Gasteiger partial charge in [0.15, 0.2) is 5.13 Å². The maximum Gasteiger partial charge on any atom is 0.188 e. The third kappa shape index (κ3) is 2.68. The van der Waals surface area contributed by atoms with Crippen molar-refractivity contribution in [3.8, 4) is 0 Å². The van der Waals surface area contributed by atoms with Crippen LogP contribution in [0.4, 0.5) is 10.8 Å². The van der Waals surface area contributed by atoms with Gasteiger partial charge in [0.25, 0.3) is 0 Å². The smallest absolute Gasteiger partial charge is 0.188 e. The summed E-state index contributed by atoms with van der Waals surface area (Å²) in [4.78, 5) is 4.59. The van der Waals surface area contributed by atoms with Crippen LogP contribution in [0.2, 0.25) is 0 Å². The Balaban J connectivity index is 1.99. The SMILES string of the molecule is Cc1cccc(Nc2nc3ccc(Br)cc3s2)c1Br. The lowest BCUT2D eigenvalue weighted by Crippen LogP contribution is -1.91. The van der Waals surface area contributed by atoms with Crippen LogP contribution in [0.15, 0.2) is 45.3 Å². The van der Waals surface area contributed by atoms with Gasteiger partial charge < -0.3 is 5.32 Å². The van der Waals surface area contributed by atoms with Crippen molar-refractivity contribution in [1.82, 2.24) is 4.98 Å². The summed E-state index contributed by atoms with van der Waals surface area (Å²) in [6.07, 6.45) is 0. The van der Waals surface area contributed by atoms with Gasteiger partial charge in [-0.3, -0.25) is 0 Å². The zero-order valence-corrected chi connectivity index (χ0v) is 14.1. The second-order valence-corrected chi connectivity index (χ2v) is 6.93. The third-order valence-electron chi connectivity index (χ3n) is 2.78. The molecule has 0 fully saturated rings. The first-order valence-corrected chi connectivity index (χ1v) is 8.12. The lowest BCUT2D eigenvalue weighted by molar-refractivity contribution is 1.39. The average Bonchev–Trinajstić information content (AvgIpc) is 2.76. The first-order valence-electron chi connectivity index (χ1n) is 5.72. The number of aromatic nitrogens is 1. The van der Waals surface area contributed by atoms with Crippen molar-refractivity contribution in [3.05, 3.63) is 50.9 Å². The fraction of sp³-hybridized carbons (Fsp3) is 0.0714. The molecule has 0 atom stereocenters. The Labute approximate surface area is 132 Å². The summed E-state index contributed by atoms with van der Waals surface area (Å²) in [7, 11) is 0. The zero-order chi connectivity index (χ0) is 13.4. The Hall–Kier alpha value is -0.910. The predicted molar refractivity (Wildman–Crippen MR) is 89.5 cm³/mol. The summed E-state index contributed by atoms with van der Waals surface area (Å²) in [6, 6.07) is 12.3. The van der Waals surface area contributed by atoms with Crippen LogP contribution in [0.25, 0.3) is 10.2 Å². The van der Waals surface area contributed by atoms with E-state index in [1.54, 1.807) is 11.3 Å². The van der Waals surface area contributed by atoms with E-state index in [1.807, 2.05) is 24.3 Å². The Morgan fingerprint density at radius 2 is 2.00 bits per heavy atom. The van der Waals surface area contributed by atoms with Crippen LogP contribution in [0.5, 0.6) is 0 Å². The van der Waals surface area contributed by atoms with Crippen LogP contribution in [-0.2, 0) is 0 Å². The average molecular weight is 398 g/mol. The van der Waals surface area contributed by atoms with Gasteiger partial charge in [0, 0.05) is 8.95 Å². The van der Waals surface area contributed by atoms with E-state index in [1.165, 1.54) is 10.3 Å². The van der Waals surface area contributed by atoms with Gasteiger partial charge in [0.05, 0.1) is 15.9 Å². The molecule has 0 amide bonds. The van der Waals surface area contributed by atoms with Gasteiger partial charge in [0.1, 0.15) is 0 Å². The van der Waals surface area contributed by atoms with Crippen LogP contribution in [0.1, 0.15) is 5.56 Å². The van der Waals surface area contributed by atoms with Crippen molar-refractivity contribution in [3.63, 3.8) is 0 Å². The lowest BCUT2D eigenvalue weighted by Gasteiger charge is -2.07. The number of benzene rings is 2. The Morgan fingerprint density at radius 1 is 1.16 bits per heavy atom. The highest BCUT2D eigenvalue weighted by atomic mass is 79.9. The van der Waals surface area contributed by atoms with E-state index in [-0.39, 0.29) is 0 Å². The Kier molecular flexibility index (Phi) is 3.60. The molecule has 0 aliphatic rings. The quantitative estimate of drug-likeness (QED) is 0.584. The molecule has 1 aromatic heterocycles. The zero-order valence-electron chi connectivity index (χ0n) is 10.1. The van der Waals surface area contributed by atoms with Crippen LogP contribution >= 0.6 is 43.2 Å². The van der Waals surface area contributed by atoms with Gasteiger partial charge >= 0.3 is 0 Å². The van der Waals surface area contributed by atoms with Crippen LogP contribution < -0.4 is 5.32 Å². The van der Waals surface area contributed by atoms with Crippen molar-refractivity contribution < 1.29 is 0 Å². The van der Waals surface area contributed by atoms with Crippen molar-refractivity contribution >= 4 is 64.2 Å². The molecule has 96 valence electrons. The minimum Gasteiger partial charge on any atom is -0.331 e. The number of fused-ring (bicyclic) bond motifs is 1. The molecule has 0 saturated heterocycles. The van der Waals surface area contributed by atoms with Crippen molar-refractivity contribution in [1.29, 1.82) is 0 Å². The molecule has 0 unspecified atom stereocenters. The summed E-state index contributed by atoms with van der Waals surface area (Å²) in [5.74, 6) is 0. The minimum absolute atomic E-state index is 0.902. The van der Waals surface area contributed by atoms with Gasteiger partial charge in [-0.25, -0.2) is 4.98 Å². The molecule has 19 heavy (non-hydrogen) atoms. The van der Waals surface area contributed by atoms with Gasteiger partial charge in [-0.1, -0.05) is 39.4 Å². The molecule has 3 aromatic rings. The summed E-state index contributed by atoms with van der Waals surface area (Å²) < 4.78 is 3.32. The largest absolute Gasteiger partial charge is 0.331 e. The third-order valence-corrected chi connectivity index (χ3v) is 5.26. The van der Waals surface area contributed by atoms with Gasteiger partial charge in [-0.15, -0.1) is 0 Å².